The van der Waals surface area contributed by atoms with Crippen LogP contribution in [-0.2, 0) is 4.79 Å². The van der Waals surface area contributed by atoms with Crippen LogP contribution < -0.4 is 0 Å². The lowest BCUT2D eigenvalue weighted by Crippen LogP contribution is -2.67. The zero-order valence-corrected chi connectivity index (χ0v) is 8.73. The number of carboxylic acids is 1. The second-order valence-corrected chi connectivity index (χ2v) is 6.10. The van der Waals surface area contributed by atoms with Gasteiger partial charge >= 0.3 is 5.97 Å². The van der Waals surface area contributed by atoms with Crippen molar-refractivity contribution in [3.05, 3.63) is 0 Å². The zero-order chi connectivity index (χ0) is 11.8. The molecule has 0 aromatic rings. The van der Waals surface area contributed by atoms with E-state index in [1.807, 2.05) is 0 Å². The van der Waals surface area contributed by atoms with E-state index >= 15 is 0 Å². The number of hydrogen-bond donors (Lipinski definition) is 1. The number of carboxylic acid groups (broad SMARTS) is 1. The fourth-order valence-electron chi connectivity index (χ4n) is 4.50. The van der Waals surface area contributed by atoms with Crippen molar-refractivity contribution in [3.63, 3.8) is 0 Å². The first-order valence-corrected chi connectivity index (χ1v) is 5.49. The maximum Gasteiger partial charge on any atom is 0.309 e. The van der Waals surface area contributed by atoms with Gasteiger partial charge in [-0.25, -0.2) is 13.2 Å². The van der Waals surface area contributed by atoms with Crippen molar-refractivity contribution in [2.45, 2.75) is 55.5 Å². The van der Waals surface area contributed by atoms with Crippen molar-refractivity contribution in [2.75, 3.05) is 0 Å². The smallest absolute Gasteiger partial charge is 0.309 e. The lowest BCUT2D eigenvalue weighted by Gasteiger charge is -2.61. The maximum atomic E-state index is 14.2. The summed E-state index contributed by atoms with van der Waals surface area (Å²) in [6.45, 7) is 0. The first-order chi connectivity index (χ1) is 7.19. The summed E-state index contributed by atoms with van der Waals surface area (Å²) in [6.07, 6.45) is -1.69. The molecular weight excluding hydrogens is 221 g/mol. The lowest BCUT2D eigenvalue weighted by molar-refractivity contribution is -0.225. The van der Waals surface area contributed by atoms with Gasteiger partial charge in [-0.3, -0.25) is 4.79 Å². The molecule has 4 aliphatic carbocycles. The highest BCUT2D eigenvalue weighted by molar-refractivity contribution is 5.76. The molecule has 0 atom stereocenters. The van der Waals surface area contributed by atoms with Crippen LogP contribution >= 0.6 is 0 Å². The number of aliphatic carboxylic acids is 1. The molecule has 90 valence electrons. The average Bonchev–Trinajstić information content (AvgIpc) is 1.92. The maximum absolute atomic E-state index is 14.2. The summed E-state index contributed by atoms with van der Waals surface area (Å²) in [5.41, 5.74) is -7.41. The number of hydrogen-bond acceptors (Lipinski definition) is 1. The van der Waals surface area contributed by atoms with Crippen LogP contribution in [0.5, 0.6) is 0 Å². The SMILES string of the molecule is O=C(O)C12CC3(F)CC(F)(CC(F)(C3)C1)C2. The van der Waals surface area contributed by atoms with Crippen LogP contribution in [0.4, 0.5) is 13.2 Å². The van der Waals surface area contributed by atoms with Gasteiger partial charge in [0.1, 0.15) is 17.0 Å². The highest BCUT2D eigenvalue weighted by Gasteiger charge is 2.72. The van der Waals surface area contributed by atoms with Gasteiger partial charge in [0.2, 0.25) is 0 Å². The Kier molecular flexibility index (Phi) is 1.57. The molecule has 5 heteroatoms. The molecule has 0 aliphatic heterocycles. The molecule has 4 rings (SSSR count). The minimum Gasteiger partial charge on any atom is -0.481 e. The van der Waals surface area contributed by atoms with Gasteiger partial charge in [-0.1, -0.05) is 0 Å². The van der Waals surface area contributed by atoms with Crippen LogP contribution in [0.15, 0.2) is 0 Å². The molecular formula is C11H13F3O2. The molecule has 0 radical (unpaired) electrons. The van der Waals surface area contributed by atoms with E-state index in [0.717, 1.165) is 0 Å². The summed E-state index contributed by atoms with van der Waals surface area (Å²) in [5, 5.41) is 9.12. The summed E-state index contributed by atoms with van der Waals surface area (Å²) in [7, 11) is 0. The monoisotopic (exact) mass is 234 g/mol. The van der Waals surface area contributed by atoms with E-state index in [1.54, 1.807) is 0 Å². The van der Waals surface area contributed by atoms with E-state index in [-0.39, 0.29) is 38.5 Å². The Bertz CT molecular complexity index is 328. The fourth-order valence-corrected chi connectivity index (χ4v) is 4.50. The zero-order valence-electron chi connectivity index (χ0n) is 8.73. The van der Waals surface area contributed by atoms with Crippen molar-refractivity contribution in [1.82, 2.24) is 0 Å². The molecule has 0 unspecified atom stereocenters. The minimum absolute atomic E-state index is 0.229. The van der Waals surface area contributed by atoms with E-state index < -0.39 is 28.4 Å². The number of carbonyl (C=O) groups is 1. The Morgan fingerprint density at radius 1 is 0.812 bits per heavy atom. The summed E-state index contributed by atoms with van der Waals surface area (Å²) in [6, 6.07) is 0. The number of halogens is 3. The molecule has 2 nitrogen and oxygen atoms in total. The quantitative estimate of drug-likeness (QED) is 0.757. The Morgan fingerprint density at radius 3 is 1.38 bits per heavy atom. The van der Waals surface area contributed by atoms with E-state index in [0.29, 0.717) is 0 Å². The first-order valence-electron chi connectivity index (χ1n) is 5.49. The van der Waals surface area contributed by atoms with Crippen molar-refractivity contribution in [2.24, 2.45) is 5.41 Å². The third-order valence-electron chi connectivity index (χ3n) is 4.32. The third-order valence-corrected chi connectivity index (χ3v) is 4.32. The van der Waals surface area contributed by atoms with Crippen LogP contribution in [0.3, 0.4) is 0 Å². The number of rotatable bonds is 1. The predicted octanol–water partition coefficient (Wildman–Crippen LogP) is 2.56. The van der Waals surface area contributed by atoms with Gasteiger partial charge < -0.3 is 5.11 Å². The molecule has 0 aromatic carbocycles. The van der Waals surface area contributed by atoms with Gasteiger partial charge in [-0.15, -0.1) is 0 Å². The third kappa shape index (κ3) is 1.17. The van der Waals surface area contributed by atoms with Crippen molar-refractivity contribution in [3.8, 4) is 0 Å². The molecule has 0 heterocycles. The van der Waals surface area contributed by atoms with Gasteiger partial charge in [0.05, 0.1) is 5.41 Å². The van der Waals surface area contributed by atoms with Gasteiger partial charge in [-0.2, -0.15) is 0 Å². The highest BCUT2D eigenvalue weighted by atomic mass is 19.2. The average molecular weight is 234 g/mol. The van der Waals surface area contributed by atoms with Gasteiger partial charge in [0, 0.05) is 19.3 Å². The Morgan fingerprint density at radius 2 is 1.12 bits per heavy atom. The van der Waals surface area contributed by atoms with Crippen molar-refractivity contribution < 1.29 is 23.1 Å². The Labute approximate surface area is 90.8 Å². The normalized spacial score (nSPS) is 58.9. The second-order valence-electron chi connectivity index (χ2n) is 6.10. The molecule has 0 amide bonds. The van der Waals surface area contributed by atoms with Gasteiger partial charge in [-0.05, 0) is 19.3 Å². The molecule has 4 aliphatic rings. The Balaban J connectivity index is 2.11. The topological polar surface area (TPSA) is 37.3 Å². The predicted molar refractivity (Wildman–Crippen MR) is 49.3 cm³/mol. The lowest BCUT2D eigenvalue weighted by atomic mass is 9.46. The fraction of sp³-hybridized carbons (Fsp3) is 0.909. The van der Waals surface area contributed by atoms with Crippen LogP contribution in [0, 0.1) is 5.41 Å². The summed E-state index contributed by atoms with van der Waals surface area (Å²) < 4.78 is 42.7. The molecule has 16 heavy (non-hydrogen) atoms. The van der Waals surface area contributed by atoms with E-state index in [1.165, 1.54) is 0 Å². The van der Waals surface area contributed by atoms with Crippen molar-refractivity contribution in [1.29, 1.82) is 0 Å². The van der Waals surface area contributed by atoms with Crippen LogP contribution in [0.2, 0.25) is 0 Å². The molecule has 1 N–H and O–H groups in total. The molecule has 0 aromatic heterocycles. The summed E-state index contributed by atoms with van der Waals surface area (Å²) in [4.78, 5) is 11.2. The highest BCUT2D eigenvalue weighted by Crippen LogP contribution is 2.68. The molecule has 4 bridgehead atoms. The molecule has 4 saturated carbocycles. The van der Waals surface area contributed by atoms with Crippen molar-refractivity contribution >= 4 is 5.97 Å². The van der Waals surface area contributed by atoms with E-state index in [4.69, 9.17) is 5.11 Å². The van der Waals surface area contributed by atoms with Gasteiger partial charge in [0.25, 0.3) is 0 Å². The van der Waals surface area contributed by atoms with E-state index in [9.17, 15) is 18.0 Å². The minimum atomic E-state index is -1.96. The van der Waals surface area contributed by atoms with Gasteiger partial charge in [0.15, 0.2) is 0 Å². The van der Waals surface area contributed by atoms with Crippen LogP contribution in [-0.4, -0.2) is 28.1 Å². The van der Waals surface area contributed by atoms with Crippen LogP contribution in [0.1, 0.15) is 38.5 Å². The van der Waals surface area contributed by atoms with Crippen LogP contribution in [0.25, 0.3) is 0 Å². The Hall–Kier alpha value is -0.740. The molecule has 0 saturated heterocycles. The first kappa shape index (κ1) is 10.4. The largest absolute Gasteiger partial charge is 0.481 e. The summed E-state index contributed by atoms with van der Waals surface area (Å²) in [5.74, 6) is -1.25. The second kappa shape index (κ2) is 2.41. The van der Waals surface area contributed by atoms with E-state index in [2.05, 4.69) is 0 Å². The molecule has 0 spiro atoms. The number of alkyl halides is 3. The standard InChI is InChI=1S/C11H13F3O2/c12-9-1-8(7(15)16)2-10(13,4-9)6-11(14,3-8)5-9/h1-6H2,(H,15,16). The molecule has 4 fully saturated rings. The summed E-state index contributed by atoms with van der Waals surface area (Å²) >= 11 is 0.